The van der Waals surface area contributed by atoms with Crippen LogP contribution in [-0.4, -0.2) is 22.1 Å². The molecule has 0 amide bonds. The Bertz CT molecular complexity index is 356. The molecule has 0 saturated heterocycles. The predicted molar refractivity (Wildman–Crippen MR) is 64.6 cm³/mol. The third kappa shape index (κ3) is 4.14. The molecule has 90 valence electrons. The van der Waals surface area contributed by atoms with E-state index in [1.54, 1.807) is 0 Å². The molecule has 0 aliphatic heterocycles. The number of hydrogen-bond acceptors (Lipinski definition) is 4. The number of aryl methyl sites for hydroxylation is 1. The smallest absolute Gasteiger partial charge is 0.216 e. The molecular formula is C12H21N3O. The van der Waals surface area contributed by atoms with Crippen LogP contribution in [0.5, 0.6) is 5.88 Å². The van der Waals surface area contributed by atoms with Gasteiger partial charge in [0.2, 0.25) is 5.88 Å². The molecule has 0 aromatic carbocycles. The van der Waals surface area contributed by atoms with Crippen molar-refractivity contribution in [2.75, 3.05) is 6.61 Å². The molecular weight excluding hydrogens is 202 g/mol. The minimum atomic E-state index is -0.350. The highest BCUT2D eigenvalue weighted by Crippen LogP contribution is 2.15. The van der Waals surface area contributed by atoms with Crippen molar-refractivity contribution < 1.29 is 4.74 Å². The third-order valence-electron chi connectivity index (χ3n) is 1.96. The highest BCUT2D eigenvalue weighted by Gasteiger charge is 2.13. The first-order valence-electron chi connectivity index (χ1n) is 5.55. The van der Waals surface area contributed by atoms with Crippen molar-refractivity contribution in [2.24, 2.45) is 5.73 Å². The molecule has 0 saturated carbocycles. The normalized spacial score (nSPS) is 11.9. The predicted octanol–water partition coefficient (Wildman–Crippen LogP) is 2.02. The average molecular weight is 223 g/mol. The average Bonchev–Trinajstić information content (AvgIpc) is 2.13. The van der Waals surface area contributed by atoms with Gasteiger partial charge in [0.25, 0.3) is 0 Å². The van der Waals surface area contributed by atoms with E-state index in [0.29, 0.717) is 18.4 Å². The fraction of sp³-hybridized carbons (Fsp3) is 0.667. The van der Waals surface area contributed by atoms with Gasteiger partial charge in [-0.25, -0.2) is 4.98 Å². The molecule has 0 aliphatic rings. The van der Waals surface area contributed by atoms with Crippen LogP contribution in [0, 0.1) is 6.92 Å². The second-order valence-corrected chi connectivity index (χ2v) is 5.14. The van der Waals surface area contributed by atoms with E-state index >= 15 is 0 Å². The number of aromatic nitrogens is 2. The standard InChI is InChI=1S/C12H21N3O/c1-8(2)11-14-9(3)6-10(15-11)16-7-12(4,5)13/h6,8H,7,13H2,1-5H3. The van der Waals surface area contributed by atoms with E-state index in [-0.39, 0.29) is 5.54 Å². The lowest BCUT2D eigenvalue weighted by Gasteiger charge is -2.19. The van der Waals surface area contributed by atoms with Gasteiger partial charge in [0, 0.05) is 23.2 Å². The minimum absolute atomic E-state index is 0.299. The molecule has 4 nitrogen and oxygen atoms in total. The number of nitrogens with zero attached hydrogens (tertiary/aromatic N) is 2. The van der Waals surface area contributed by atoms with Crippen molar-refractivity contribution in [1.29, 1.82) is 0 Å². The monoisotopic (exact) mass is 223 g/mol. The largest absolute Gasteiger partial charge is 0.476 e. The van der Waals surface area contributed by atoms with Crippen molar-refractivity contribution in [3.05, 3.63) is 17.6 Å². The first kappa shape index (κ1) is 12.9. The van der Waals surface area contributed by atoms with Crippen LogP contribution in [0.15, 0.2) is 6.07 Å². The fourth-order valence-electron chi connectivity index (χ4n) is 1.15. The quantitative estimate of drug-likeness (QED) is 0.848. The van der Waals surface area contributed by atoms with Crippen LogP contribution in [0.25, 0.3) is 0 Å². The molecule has 0 bridgehead atoms. The van der Waals surface area contributed by atoms with E-state index < -0.39 is 0 Å². The second-order valence-electron chi connectivity index (χ2n) is 5.14. The van der Waals surface area contributed by atoms with Crippen LogP contribution in [-0.2, 0) is 0 Å². The summed E-state index contributed by atoms with van der Waals surface area (Å²) in [6, 6.07) is 1.83. The Hall–Kier alpha value is -1.16. The van der Waals surface area contributed by atoms with Crippen LogP contribution in [0.3, 0.4) is 0 Å². The number of rotatable bonds is 4. The summed E-state index contributed by atoms with van der Waals surface area (Å²) in [7, 11) is 0. The fourth-order valence-corrected chi connectivity index (χ4v) is 1.15. The van der Waals surface area contributed by atoms with Gasteiger partial charge in [-0.05, 0) is 20.8 Å². The van der Waals surface area contributed by atoms with Gasteiger partial charge in [-0.1, -0.05) is 13.8 Å². The molecule has 0 atom stereocenters. The zero-order chi connectivity index (χ0) is 12.3. The van der Waals surface area contributed by atoms with E-state index in [1.807, 2.05) is 26.8 Å². The van der Waals surface area contributed by atoms with Gasteiger partial charge in [-0.2, -0.15) is 4.98 Å². The van der Waals surface area contributed by atoms with Crippen molar-refractivity contribution >= 4 is 0 Å². The lowest BCUT2D eigenvalue weighted by molar-refractivity contribution is 0.233. The molecule has 16 heavy (non-hydrogen) atoms. The van der Waals surface area contributed by atoms with Crippen LogP contribution < -0.4 is 10.5 Å². The van der Waals surface area contributed by atoms with Gasteiger partial charge in [-0.3, -0.25) is 0 Å². The number of ether oxygens (including phenoxy) is 1. The van der Waals surface area contributed by atoms with Gasteiger partial charge in [0.15, 0.2) is 0 Å². The van der Waals surface area contributed by atoms with Gasteiger partial charge in [-0.15, -0.1) is 0 Å². The van der Waals surface area contributed by atoms with E-state index in [2.05, 4.69) is 23.8 Å². The van der Waals surface area contributed by atoms with E-state index in [4.69, 9.17) is 10.5 Å². The van der Waals surface area contributed by atoms with Gasteiger partial charge < -0.3 is 10.5 Å². The summed E-state index contributed by atoms with van der Waals surface area (Å²) < 4.78 is 5.57. The van der Waals surface area contributed by atoms with Crippen molar-refractivity contribution in [3.8, 4) is 5.88 Å². The first-order chi connectivity index (χ1) is 7.28. The third-order valence-corrected chi connectivity index (χ3v) is 1.96. The molecule has 1 aromatic rings. The lowest BCUT2D eigenvalue weighted by atomic mass is 10.1. The topological polar surface area (TPSA) is 61.0 Å². The minimum Gasteiger partial charge on any atom is -0.476 e. The molecule has 1 rings (SSSR count). The van der Waals surface area contributed by atoms with Crippen molar-refractivity contribution in [1.82, 2.24) is 9.97 Å². The number of hydrogen-bond donors (Lipinski definition) is 1. The SMILES string of the molecule is Cc1cc(OCC(C)(C)N)nc(C(C)C)n1. The lowest BCUT2D eigenvalue weighted by Crippen LogP contribution is -2.38. The summed E-state index contributed by atoms with van der Waals surface area (Å²) in [4.78, 5) is 8.70. The summed E-state index contributed by atoms with van der Waals surface area (Å²) in [5, 5.41) is 0. The Morgan fingerprint density at radius 2 is 2.00 bits per heavy atom. The van der Waals surface area contributed by atoms with Crippen LogP contribution in [0.4, 0.5) is 0 Å². The van der Waals surface area contributed by atoms with Gasteiger partial charge >= 0.3 is 0 Å². The van der Waals surface area contributed by atoms with Gasteiger partial charge in [0.1, 0.15) is 12.4 Å². The van der Waals surface area contributed by atoms with Crippen LogP contribution >= 0.6 is 0 Å². The summed E-state index contributed by atoms with van der Waals surface area (Å²) in [5.74, 6) is 1.72. The molecule has 2 N–H and O–H groups in total. The number of nitrogens with two attached hydrogens (primary N) is 1. The van der Waals surface area contributed by atoms with E-state index in [9.17, 15) is 0 Å². The molecule has 1 aromatic heterocycles. The Balaban J connectivity index is 2.81. The second kappa shape index (κ2) is 4.78. The van der Waals surface area contributed by atoms with Crippen LogP contribution in [0.1, 0.15) is 45.1 Å². The van der Waals surface area contributed by atoms with Crippen molar-refractivity contribution in [2.45, 2.75) is 46.1 Å². The first-order valence-corrected chi connectivity index (χ1v) is 5.55. The van der Waals surface area contributed by atoms with Crippen molar-refractivity contribution in [3.63, 3.8) is 0 Å². The molecule has 0 aliphatic carbocycles. The Morgan fingerprint density at radius 3 is 2.50 bits per heavy atom. The highest BCUT2D eigenvalue weighted by molar-refractivity contribution is 5.16. The van der Waals surface area contributed by atoms with E-state index in [1.165, 1.54) is 0 Å². The maximum Gasteiger partial charge on any atom is 0.216 e. The molecule has 0 spiro atoms. The zero-order valence-corrected chi connectivity index (χ0v) is 10.7. The van der Waals surface area contributed by atoms with E-state index in [0.717, 1.165) is 11.5 Å². The summed E-state index contributed by atoms with van der Waals surface area (Å²) in [5.41, 5.74) is 6.42. The van der Waals surface area contributed by atoms with Crippen LogP contribution in [0.2, 0.25) is 0 Å². The Labute approximate surface area is 97.2 Å². The van der Waals surface area contributed by atoms with Gasteiger partial charge in [0.05, 0.1) is 0 Å². The highest BCUT2D eigenvalue weighted by atomic mass is 16.5. The maximum absolute atomic E-state index is 5.85. The maximum atomic E-state index is 5.85. The summed E-state index contributed by atoms with van der Waals surface area (Å²) in [6.45, 7) is 10.3. The Kier molecular flexibility index (Phi) is 3.86. The summed E-state index contributed by atoms with van der Waals surface area (Å²) in [6.07, 6.45) is 0. The molecule has 4 heteroatoms. The molecule has 0 unspecified atom stereocenters. The molecule has 0 radical (unpaired) electrons. The molecule has 1 heterocycles. The Morgan fingerprint density at radius 1 is 1.38 bits per heavy atom. The zero-order valence-electron chi connectivity index (χ0n) is 10.7. The molecule has 0 fully saturated rings. The summed E-state index contributed by atoms with van der Waals surface area (Å²) >= 11 is 0.